The summed E-state index contributed by atoms with van der Waals surface area (Å²) in [5.41, 5.74) is 7.05. The van der Waals surface area contributed by atoms with Gasteiger partial charge in [-0.3, -0.25) is 4.79 Å². The van der Waals surface area contributed by atoms with E-state index in [0.29, 0.717) is 11.3 Å². The Balaban J connectivity index is 2.01. The van der Waals surface area contributed by atoms with Gasteiger partial charge in [0, 0.05) is 18.3 Å². The normalized spacial score (nSPS) is 22.3. The maximum absolute atomic E-state index is 13.9. The highest BCUT2D eigenvalue weighted by Crippen LogP contribution is 2.58. The van der Waals surface area contributed by atoms with Crippen LogP contribution in [0.4, 0.5) is 10.5 Å². The third-order valence-corrected chi connectivity index (χ3v) is 5.86. The zero-order valence-electron chi connectivity index (χ0n) is 17.7. The predicted octanol–water partition coefficient (Wildman–Crippen LogP) is 3.44. The number of para-hydroxylation sites is 1. The number of rotatable bonds is 3. The average Bonchev–Trinajstić information content (AvgIpc) is 3.17. The summed E-state index contributed by atoms with van der Waals surface area (Å²) in [6.45, 7) is 4.01. The van der Waals surface area contributed by atoms with E-state index >= 15 is 0 Å². The second kappa shape index (κ2) is 7.47. The highest BCUT2D eigenvalue weighted by molar-refractivity contribution is 6.11. The second-order valence-corrected chi connectivity index (χ2v) is 8.21. The Morgan fingerprint density at radius 2 is 1.84 bits per heavy atom. The molecule has 0 saturated carbocycles. The molecule has 2 aliphatic rings. The molecule has 2 aromatic rings. The number of anilines is 1. The number of fused-ring (bicyclic) bond motifs is 2. The van der Waals surface area contributed by atoms with E-state index < -0.39 is 17.6 Å². The van der Waals surface area contributed by atoms with Crippen molar-refractivity contribution in [1.29, 1.82) is 5.26 Å². The number of nitrogens with zero attached hydrogens (tertiary/aromatic N) is 3. The van der Waals surface area contributed by atoms with E-state index in [2.05, 4.69) is 6.07 Å². The van der Waals surface area contributed by atoms with Crippen molar-refractivity contribution in [2.45, 2.75) is 25.3 Å². The van der Waals surface area contributed by atoms with Gasteiger partial charge in [0.25, 0.3) is 5.91 Å². The predicted molar refractivity (Wildman–Crippen MR) is 116 cm³/mol. The number of likely N-dealkylation sites (N-methyl/N-ethyl adjacent to an activating group) is 1. The molecule has 4 rings (SSSR count). The summed E-state index contributed by atoms with van der Waals surface area (Å²) < 4.78 is 5.51. The first kappa shape index (κ1) is 20.5. The summed E-state index contributed by atoms with van der Waals surface area (Å²) in [4.78, 5) is 30.0. The SMILES string of the molecule is CC(C)COC(=O)N1C(N)=C(C#N)[C@@H](c2ccccc2)[C@@]12C(=O)N(C)c1ccccc12. The van der Waals surface area contributed by atoms with E-state index in [1.54, 1.807) is 7.05 Å². The lowest BCUT2D eigenvalue weighted by Crippen LogP contribution is -2.55. The molecule has 0 aromatic heterocycles. The molecule has 2 aliphatic heterocycles. The summed E-state index contributed by atoms with van der Waals surface area (Å²) in [6.07, 6.45) is -0.740. The van der Waals surface area contributed by atoms with Crippen LogP contribution < -0.4 is 10.6 Å². The van der Waals surface area contributed by atoms with Crippen LogP contribution in [0.15, 0.2) is 66.0 Å². The van der Waals surface area contributed by atoms with Gasteiger partial charge in [0.15, 0.2) is 5.54 Å². The molecule has 0 radical (unpaired) electrons. The molecule has 0 fully saturated rings. The van der Waals surface area contributed by atoms with Crippen LogP contribution in [0.5, 0.6) is 0 Å². The smallest absolute Gasteiger partial charge is 0.416 e. The maximum Gasteiger partial charge on any atom is 0.416 e. The number of nitriles is 1. The Labute approximate surface area is 181 Å². The number of amides is 2. The molecule has 2 heterocycles. The minimum atomic E-state index is -1.53. The average molecular weight is 416 g/mol. The van der Waals surface area contributed by atoms with E-state index in [1.807, 2.05) is 68.4 Å². The third kappa shape index (κ3) is 2.79. The monoisotopic (exact) mass is 416 g/mol. The van der Waals surface area contributed by atoms with Crippen LogP contribution in [-0.2, 0) is 15.1 Å². The third-order valence-electron chi connectivity index (χ3n) is 5.86. The number of hydrogen-bond donors (Lipinski definition) is 1. The number of ether oxygens (including phenoxy) is 1. The second-order valence-electron chi connectivity index (χ2n) is 8.21. The summed E-state index contributed by atoms with van der Waals surface area (Å²) >= 11 is 0. The standard InChI is InChI=1S/C24H24N4O3/c1-15(2)14-31-23(30)28-21(26)17(13-25)20(16-9-5-4-6-10-16)24(28)18-11-7-8-12-19(18)27(3)22(24)29/h4-12,15,20H,14,26H2,1-3H3/t20-,24+/m1/s1. The Hall–Kier alpha value is -3.79. The Kier molecular flexibility index (Phi) is 4.94. The lowest BCUT2D eigenvalue weighted by atomic mass is 9.73. The first-order chi connectivity index (χ1) is 14.9. The van der Waals surface area contributed by atoms with Gasteiger partial charge in [-0.05, 0) is 17.5 Å². The van der Waals surface area contributed by atoms with Crippen molar-refractivity contribution in [3.63, 3.8) is 0 Å². The molecule has 0 aliphatic carbocycles. The van der Waals surface area contributed by atoms with Crippen LogP contribution in [0, 0.1) is 17.2 Å². The summed E-state index contributed by atoms with van der Waals surface area (Å²) in [5.74, 6) is -1.05. The van der Waals surface area contributed by atoms with Crippen molar-refractivity contribution in [2.24, 2.45) is 11.7 Å². The van der Waals surface area contributed by atoms with Crippen molar-refractivity contribution in [3.05, 3.63) is 77.1 Å². The zero-order valence-corrected chi connectivity index (χ0v) is 17.7. The molecule has 2 atom stereocenters. The molecule has 7 heteroatoms. The van der Waals surface area contributed by atoms with E-state index in [4.69, 9.17) is 10.5 Å². The van der Waals surface area contributed by atoms with Crippen LogP contribution in [-0.4, -0.2) is 30.6 Å². The summed E-state index contributed by atoms with van der Waals surface area (Å²) in [5, 5.41) is 10.0. The number of carbonyl (C=O) groups excluding carboxylic acids is 2. The van der Waals surface area contributed by atoms with E-state index in [9.17, 15) is 14.9 Å². The number of nitrogens with two attached hydrogens (primary N) is 1. The van der Waals surface area contributed by atoms with Crippen molar-refractivity contribution in [2.75, 3.05) is 18.6 Å². The number of hydrogen-bond acceptors (Lipinski definition) is 5. The quantitative estimate of drug-likeness (QED) is 0.826. The fraction of sp³-hybridized carbons (Fsp3) is 0.292. The van der Waals surface area contributed by atoms with Gasteiger partial charge >= 0.3 is 6.09 Å². The van der Waals surface area contributed by atoms with Crippen LogP contribution in [0.3, 0.4) is 0 Å². The molecule has 0 bridgehead atoms. The van der Waals surface area contributed by atoms with Crippen LogP contribution in [0.25, 0.3) is 0 Å². The molecular formula is C24H24N4O3. The largest absolute Gasteiger partial charge is 0.449 e. The number of carbonyl (C=O) groups is 2. The summed E-state index contributed by atoms with van der Waals surface area (Å²) in [6, 6.07) is 18.6. The first-order valence-electron chi connectivity index (χ1n) is 10.1. The minimum Gasteiger partial charge on any atom is -0.449 e. The number of benzene rings is 2. The fourth-order valence-corrected chi connectivity index (χ4v) is 4.58. The van der Waals surface area contributed by atoms with Gasteiger partial charge in [-0.2, -0.15) is 5.26 Å². The maximum atomic E-state index is 13.9. The summed E-state index contributed by atoms with van der Waals surface area (Å²) in [7, 11) is 1.66. The van der Waals surface area contributed by atoms with Crippen molar-refractivity contribution in [3.8, 4) is 6.07 Å². The van der Waals surface area contributed by atoms with Crippen molar-refractivity contribution < 1.29 is 14.3 Å². The molecule has 0 saturated heterocycles. The molecular weight excluding hydrogens is 392 g/mol. The zero-order chi connectivity index (χ0) is 22.3. The van der Waals surface area contributed by atoms with E-state index in [0.717, 1.165) is 5.56 Å². The van der Waals surface area contributed by atoms with Crippen LogP contribution in [0.2, 0.25) is 0 Å². The van der Waals surface area contributed by atoms with Gasteiger partial charge in [-0.25, -0.2) is 9.69 Å². The first-order valence-corrected chi connectivity index (χ1v) is 10.1. The fourth-order valence-electron chi connectivity index (χ4n) is 4.58. The lowest BCUT2D eigenvalue weighted by Gasteiger charge is -2.38. The van der Waals surface area contributed by atoms with Gasteiger partial charge < -0.3 is 15.4 Å². The highest BCUT2D eigenvalue weighted by Gasteiger charge is 2.66. The van der Waals surface area contributed by atoms with Crippen LogP contribution in [0.1, 0.15) is 30.9 Å². The molecule has 1 spiro atoms. The highest BCUT2D eigenvalue weighted by atomic mass is 16.6. The van der Waals surface area contributed by atoms with Gasteiger partial charge in [0.2, 0.25) is 0 Å². The topological polar surface area (TPSA) is 99.7 Å². The minimum absolute atomic E-state index is 0.0523. The molecule has 7 nitrogen and oxygen atoms in total. The van der Waals surface area contributed by atoms with Crippen LogP contribution >= 0.6 is 0 Å². The van der Waals surface area contributed by atoms with Crippen molar-refractivity contribution in [1.82, 2.24) is 4.90 Å². The molecule has 31 heavy (non-hydrogen) atoms. The Morgan fingerprint density at radius 1 is 1.19 bits per heavy atom. The van der Waals surface area contributed by atoms with Gasteiger partial charge in [-0.1, -0.05) is 62.4 Å². The Bertz CT molecular complexity index is 1120. The van der Waals surface area contributed by atoms with E-state index in [-0.39, 0.29) is 29.8 Å². The van der Waals surface area contributed by atoms with E-state index in [1.165, 1.54) is 9.80 Å². The molecule has 2 N–H and O–H groups in total. The molecule has 2 amide bonds. The van der Waals surface area contributed by atoms with Gasteiger partial charge in [0.1, 0.15) is 5.82 Å². The Morgan fingerprint density at radius 3 is 2.48 bits per heavy atom. The molecule has 2 aromatic carbocycles. The molecule has 0 unspecified atom stereocenters. The molecule has 158 valence electrons. The van der Waals surface area contributed by atoms with Crippen molar-refractivity contribution >= 4 is 17.7 Å². The van der Waals surface area contributed by atoms with Gasteiger partial charge in [0.05, 0.1) is 24.2 Å². The van der Waals surface area contributed by atoms with Gasteiger partial charge in [-0.15, -0.1) is 0 Å². The lowest BCUT2D eigenvalue weighted by molar-refractivity contribution is -0.128.